The van der Waals surface area contributed by atoms with E-state index >= 15 is 0 Å². The molecule has 0 aromatic heterocycles. The smallest absolute Gasteiger partial charge is 0.252 e. The van der Waals surface area contributed by atoms with E-state index in [0.717, 1.165) is 11.1 Å². The van der Waals surface area contributed by atoms with Crippen molar-refractivity contribution in [1.29, 1.82) is 0 Å². The Labute approximate surface area is 149 Å². The first-order valence-corrected chi connectivity index (χ1v) is 8.37. The lowest BCUT2D eigenvalue weighted by atomic mass is 10.0. The third-order valence-corrected chi connectivity index (χ3v) is 3.85. The van der Waals surface area contributed by atoms with Gasteiger partial charge in [0.05, 0.1) is 0 Å². The fraction of sp³-hybridized carbons (Fsp3) is 0.238. The molecule has 1 unspecified atom stereocenters. The molecule has 0 spiro atoms. The van der Waals surface area contributed by atoms with E-state index in [0.29, 0.717) is 18.7 Å². The number of nitrogens with one attached hydrogen (secondary N) is 1. The number of nitrogens with zero attached hydrogens (tertiary/aromatic N) is 1. The van der Waals surface area contributed by atoms with Crippen molar-refractivity contribution >= 4 is 11.8 Å². The Morgan fingerprint density at radius 3 is 2.12 bits per heavy atom. The molecule has 1 N–H and O–H groups in total. The minimum absolute atomic E-state index is 0.138. The highest BCUT2D eigenvalue weighted by Gasteiger charge is 2.27. The van der Waals surface area contributed by atoms with Gasteiger partial charge in [-0.2, -0.15) is 0 Å². The maximum atomic E-state index is 13.0. The summed E-state index contributed by atoms with van der Waals surface area (Å²) < 4.78 is 0. The zero-order valence-electron chi connectivity index (χ0n) is 14.7. The number of hydrogen-bond acceptors (Lipinski definition) is 2. The first-order chi connectivity index (χ1) is 12.0. The van der Waals surface area contributed by atoms with Crippen molar-refractivity contribution in [1.82, 2.24) is 10.2 Å². The molecule has 0 bridgehead atoms. The van der Waals surface area contributed by atoms with Crippen LogP contribution in [0.2, 0.25) is 0 Å². The maximum absolute atomic E-state index is 13.0. The topological polar surface area (TPSA) is 49.4 Å². The van der Waals surface area contributed by atoms with Gasteiger partial charge in [-0.05, 0) is 31.5 Å². The monoisotopic (exact) mass is 336 g/mol. The number of hydrogen-bond donors (Lipinski definition) is 1. The third kappa shape index (κ3) is 5.05. The summed E-state index contributed by atoms with van der Waals surface area (Å²) in [6.07, 6.45) is 0. The largest absolute Gasteiger partial charge is 0.337 e. The van der Waals surface area contributed by atoms with E-state index in [1.165, 1.54) is 0 Å². The Balaban J connectivity index is 2.29. The molecule has 1 atom stereocenters. The van der Waals surface area contributed by atoms with Crippen molar-refractivity contribution in [3.8, 4) is 0 Å². The van der Waals surface area contributed by atoms with Gasteiger partial charge in [0.15, 0.2) is 0 Å². The summed E-state index contributed by atoms with van der Waals surface area (Å²) in [7, 11) is 0. The van der Waals surface area contributed by atoms with Crippen LogP contribution in [0.3, 0.4) is 0 Å². The fourth-order valence-corrected chi connectivity index (χ4v) is 2.59. The molecule has 4 heteroatoms. The van der Waals surface area contributed by atoms with E-state index in [-0.39, 0.29) is 11.8 Å². The van der Waals surface area contributed by atoms with Crippen molar-refractivity contribution < 1.29 is 9.59 Å². The van der Waals surface area contributed by atoms with Gasteiger partial charge in [-0.3, -0.25) is 9.59 Å². The summed E-state index contributed by atoms with van der Waals surface area (Å²) in [4.78, 5) is 27.3. The molecule has 2 rings (SSSR count). The van der Waals surface area contributed by atoms with Crippen molar-refractivity contribution in [2.24, 2.45) is 0 Å². The normalized spacial score (nSPS) is 11.4. The zero-order chi connectivity index (χ0) is 18.2. The lowest BCUT2D eigenvalue weighted by Crippen LogP contribution is -2.43. The van der Waals surface area contributed by atoms with Gasteiger partial charge < -0.3 is 10.2 Å². The molecule has 2 aromatic rings. The Hall–Kier alpha value is -2.88. The molecule has 0 saturated heterocycles. The molecule has 0 radical (unpaired) electrons. The van der Waals surface area contributed by atoms with E-state index in [1.54, 1.807) is 29.2 Å². The summed E-state index contributed by atoms with van der Waals surface area (Å²) >= 11 is 0. The third-order valence-electron chi connectivity index (χ3n) is 3.85. The van der Waals surface area contributed by atoms with E-state index in [2.05, 4.69) is 11.9 Å². The molecule has 0 fully saturated rings. The first-order valence-electron chi connectivity index (χ1n) is 8.37. The number of amides is 2. The molecule has 4 nitrogen and oxygen atoms in total. The van der Waals surface area contributed by atoms with Crippen LogP contribution < -0.4 is 5.32 Å². The Bertz CT molecular complexity index is 726. The number of likely N-dealkylation sites (N-methyl/N-ethyl adjacent to an activating group) is 1. The number of carbonyl (C=O) groups excluding carboxylic acids is 2. The molecular weight excluding hydrogens is 312 g/mol. The van der Waals surface area contributed by atoms with E-state index < -0.39 is 6.04 Å². The van der Waals surface area contributed by atoms with Crippen LogP contribution in [0, 0.1) is 0 Å². The summed E-state index contributed by atoms with van der Waals surface area (Å²) in [6.45, 7) is 8.71. The quantitative estimate of drug-likeness (QED) is 0.786. The van der Waals surface area contributed by atoms with Crippen LogP contribution in [0.5, 0.6) is 0 Å². The number of carbonyl (C=O) groups is 2. The van der Waals surface area contributed by atoms with Crippen molar-refractivity contribution in [2.45, 2.75) is 19.9 Å². The molecular formula is C21H24N2O2. The van der Waals surface area contributed by atoms with Gasteiger partial charge in [-0.1, -0.05) is 60.7 Å². The molecule has 0 aliphatic carbocycles. The highest BCUT2D eigenvalue weighted by atomic mass is 16.2. The molecule has 0 heterocycles. The lowest BCUT2D eigenvalue weighted by molar-refractivity contribution is -0.132. The van der Waals surface area contributed by atoms with E-state index in [9.17, 15) is 9.59 Å². The van der Waals surface area contributed by atoms with Crippen LogP contribution in [0.15, 0.2) is 72.8 Å². The minimum atomic E-state index is -0.729. The predicted molar refractivity (Wildman–Crippen MR) is 100 cm³/mol. The SMILES string of the molecule is C=C(C)CN(CC)C(=O)C(NC(=O)c1ccccc1)c1ccccc1. The van der Waals surface area contributed by atoms with Gasteiger partial charge >= 0.3 is 0 Å². The summed E-state index contributed by atoms with van der Waals surface area (Å²) in [6, 6.07) is 17.5. The second-order valence-corrected chi connectivity index (χ2v) is 5.99. The molecule has 130 valence electrons. The fourth-order valence-electron chi connectivity index (χ4n) is 2.59. The molecule has 0 aliphatic rings. The van der Waals surface area contributed by atoms with Crippen molar-refractivity contribution in [3.63, 3.8) is 0 Å². The lowest BCUT2D eigenvalue weighted by Gasteiger charge is -2.27. The predicted octanol–water partition coefficient (Wildman–Crippen LogP) is 3.58. The summed E-state index contributed by atoms with van der Waals surface area (Å²) in [5.41, 5.74) is 2.19. The average Bonchev–Trinajstić information content (AvgIpc) is 2.64. The molecule has 2 aromatic carbocycles. The first kappa shape index (κ1) is 18.5. The van der Waals surface area contributed by atoms with Crippen LogP contribution >= 0.6 is 0 Å². The number of benzene rings is 2. The minimum Gasteiger partial charge on any atom is -0.337 e. The average molecular weight is 336 g/mol. The summed E-state index contributed by atoms with van der Waals surface area (Å²) in [5.74, 6) is -0.407. The van der Waals surface area contributed by atoms with E-state index in [4.69, 9.17) is 0 Å². The van der Waals surface area contributed by atoms with Crippen molar-refractivity contribution in [3.05, 3.63) is 83.9 Å². The van der Waals surface area contributed by atoms with Crippen LogP contribution in [0.25, 0.3) is 0 Å². The van der Waals surface area contributed by atoms with E-state index in [1.807, 2.05) is 50.2 Å². The highest BCUT2D eigenvalue weighted by Crippen LogP contribution is 2.17. The summed E-state index contributed by atoms with van der Waals surface area (Å²) in [5, 5.41) is 2.88. The molecule has 0 aliphatic heterocycles. The second-order valence-electron chi connectivity index (χ2n) is 5.99. The Morgan fingerprint density at radius 2 is 1.60 bits per heavy atom. The molecule has 2 amide bonds. The van der Waals surface area contributed by atoms with Crippen LogP contribution in [0.4, 0.5) is 0 Å². The standard InChI is InChI=1S/C21H24N2O2/c1-4-23(15-16(2)3)21(25)19(17-11-7-5-8-12-17)22-20(24)18-13-9-6-10-14-18/h5-14,19H,2,4,15H2,1,3H3,(H,22,24). The van der Waals surface area contributed by atoms with Crippen molar-refractivity contribution in [2.75, 3.05) is 13.1 Å². The van der Waals surface area contributed by atoms with Gasteiger partial charge in [-0.25, -0.2) is 0 Å². The highest BCUT2D eigenvalue weighted by molar-refractivity contribution is 5.97. The van der Waals surface area contributed by atoms with Crippen LogP contribution in [-0.2, 0) is 4.79 Å². The van der Waals surface area contributed by atoms with Crippen LogP contribution in [0.1, 0.15) is 35.8 Å². The Kier molecular flexibility index (Phi) is 6.52. The number of rotatable bonds is 7. The maximum Gasteiger partial charge on any atom is 0.252 e. The molecule has 25 heavy (non-hydrogen) atoms. The van der Waals surface area contributed by atoms with Crippen LogP contribution in [-0.4, -0.2) is 29.8 Å². The van der Waals surface area contributed by atoms with Gasteiger partial charge in [0.2, 0.25) is 5.91 Å². The van der Waals surface area contributed by atoms with Gasteiger partial charge in [0, 0.05) is 18.7 Å². The van der Waals surface area contributed by atoms with Gasteiger partial charge in [-0.15, -0.1) is 0 Å². The van der Waals surface area contributed by atoms with Gasteiger partial charge in [0.1, 0.15) is 6.04 Å². The van der Waals surface area contributed by atoms with Gasteiger partial charge in [0.25, 0.3) is 5.91 Å². The molecule has 0 saturated carbocycles. The Morgan fingerprint density at radius 1 is 1.04 bits per heavy atom. The zero-order valence-corrected chi connectivity index (χ0v) is 14.7. The second kappa shape index (κ2) is 8.83.